The van der Waals surface area contributed by atoms with Gasteiger partial charge in [-0.3, -0.25) is 0 Å². The Balaban J connectivity index is 1.97. The maximum Gasteiger partial charge on any atom is 0.156 e. The molecule has 5 heteroatoms. The Bertz CT molecular complexity index is 817. The van der Waals surface area contributed by atoms with Crippen molar-refractivity contribution in [2.45, 2.75) is 0 Å². The van der Waals surface area contributed by atoms with Gasteiger partial charge in [-0.2, -0.15) is 0 Å². The summed E-state index contributed by atoms with van der Waals surface area (Å²) in [5, 5.41) is 12.9. The van der Waals surface area contributed by atoms with Crippen LogP contribution in [0.5, 0.6) is 0 Å². The summed E-state index contributed by atoms with van der Waals surface area (Å²) in [4.78, 5) is 2.13. The van der Waals surface area contributed by atoms with E-state index < -0.39 is 0 Å². The molecular formula is C20H21ClN4. The van der Waals surface area contributed by atoms with Crippen LogP contribution in [0.3, 0.4) is 0 Å². The second kappa shape index (κ2) is 8.10. The van der Waals surface area contributed by atoms with Gasteiger partial charge in [-0.1, -0.05) is 54.1 Å². The van der Waals surface area contributed by atoms with E-state index in [9.17, 15) is 0 Å². The zero-order chi connectivity index (χ0) is 17.6. The Morgan fingerprint density at radius 1 is 0.920 bits per heavy atom. The summed E-state index contributed by atoms with van der Waals surface area (Å²) in [5.41, 5.74) is 3.97. The molecule has 0 saturated carbocycles. The van der Waals surface area contributed by atoms with Gasteiger partial charge >= 0.3 is 0 Å². The van der Waals surface area contributed by atoms with Gasteiger partial charge in [0, 0.05) is 29.2 Å². The zero-order valence-electron chi connectivity index (χ0n) is 14.4. The third-order valence-corrected chi connectivity index (χ3v) is 4.12. The number of anilines is 1. The van der Waals surface area contributed by atoms with Crippen molar-refractivity contribution in [2.75, 3.05) is 32.5 Å². The summed E-state index contributed by atoms with van der Waals surface area (Å²) >= 11 is 5.98. The van der Waals surface area contributed by atoms with E-state index in [2.05, 4.69) is 52.7 Å². The summed E-state index contributed by atoms with van der Waals surface area (Å²) < 4.78 is 0. The topological polar surface area (TPSA) is 41.0 Å². The number of nitrogens with zero attached hydrogens (tertiary/aromatic N) is 3. The molecule has 0 unspecified atom stereocenters. The first kappa shape index (κ1) is 17.4. The second-order valence-electron chi connectivity index (χ2n) is 6.09. The molecule has 0 aliphatic heterocycles. The van der Waals surface area contributed by atoms with Gasteiger partial charge in [-0.05, 0) is 37.9 Å². The summed E-state index contributed by atoms with van der Waals surface area (Å²) in [6, 6.07) is 20.0. The standard InChI is InChI=1S/C20H21ClN4/c1-25(2)13-12-22-20-18(15-6-4-3-5-7-15)14-19(23-24-20)16-8-10-17(21)11-9-16/h3-11,14H,12-13H2,1-2H3,(H,22,24). The Morgan fingerprint density at radius 2 is 1.64 bits per heavy atom. The lowest BCUT2D eigenvalue weighted by Crippen LogP contribution is -2.21. The molecule has 1 aromatic heterocycles. The molecule has 0 radical (unpaired) electrons. The highest BCUT2D eigenvalue weighted by molar-refractivity contribution is 6.30. The van der Waals surface area contributed by atoms with Crippen molar-refractivity contribution in [3.8, 4) is 22.4 Å². The first-order chi connectivity index (χ1) is 12.1. The first-order valence-electron chi connectivity index (χ1n) is 8.21. The van der Waals surface area contributed by atoms with Crippen LogP contribution in [0.15, 0.2) is 60.7 Å². The highest BCUT2D eigenvalue weighted by atomic mass is 35.5. The van der Waals surface area contributed by atoms with Crippen LogP contribution in [-0.2, 0) is 0 Å². The van der Waals surface area contributed by atoms with E-state index in [-0.39, 0.29) is 0 Å². The molecule has 25 heavy (non-hydrogen) atoms. The third-order valence-electron chi connectivity index (χ3n) is 3.87. The largest absolute Gasteiger partial charge is 0.367 e. The normalized spacial score (nSPS) is 10.9. The number of nitrogens with one attached hydrogen (secondary N) is 1. The van der Waals surface area contributed by atoms with Crippen LogP contribution in [0.2, 0.25) is 5.02 Å². The molecule has 0 aliphatic carbocycles. The maximum absolute atomic E-state index is 5.98. The van der Waals surface area contributed by atoms with Gasteiger partial charge in [0.05, 0.1) is 5.69 Å². The van der Waals surface area contributed by atoms with Crippen LogP contribution < -0.4 is 5.32 Å². The molecule has 3 aromatic rings. The van der Waals surface area contributed by atoms with E-state index in [4.69, 9.17) is 11.6 Å². The smallest absolute Gasteiger partial charge is 0.156 e. The lowest BCUT2D eigenvalue weighted by atomic mass is 10.0. The number of hydrogen-bond acceptors (Lipinski definition) is 4. The number of benzene rings is 2. The number of halogens is 1. The van der Waals surface area contributed by atoms with Crippen molar-refractivity contribution in [1.29, 1.82) is 0 Å². The lowest BCUT2D eigenvalue weighted by molar-refractivity contribution is 0.425. The first-order valence-corrected chi connectivity index (χ1v) is 8.59. The van der Waals surface area contributed by atoms with Gasteiger partial charge < -0.3 is 10.2 Å². The van der Waals surface area contributed by atoms with Gasteiger partial charge in [-0.25, -0.2) is 0 Å². The average Bonchev–Trinajstić information content (AvgIpc) is 2.63. The van der Waals surface area contributed by atoms with E-state index in [1.54, 1.807) is 0 Å². The summed E-state index contributed by atoms with van der Waals surface area (Å²) in [7, 11) is 4.10. The molecule has 3 rings (SSSR count). The van der Waals surface area contributed by atoms with E-state index in [1.807, 2.05) is 42.5 Å². The molecule has 0 bridgehead atoms. The summed E-state index contributed by atoms with van der Waals surface area (Å²) in [6.45, 7) is 1.73. The minimum absolute atomic E-state index is 0.710. The Morgan fingerprint density at radius 3 is 2.32 bits per heavy atom. The van der Waals surface area contributed by atoms with Gasteiger partial charge in [0.1, 0.15) is 0 Å². The molecule has 4 nitrogen and oxygen atoms in total. The van der Waals surface area contributed by atoms with E-state index in [0.29, 0.717) is 5.02 Å². The van der Waals surface area contributed by atoms with Crippen molar-refractivity contribution in [3.63, 3.8) is 0 Å². The number of hydrogen-bond donors (Lipinski definition) is 1. The minimum Gasteiger partial charge on any atom is -0.367 e. The van der Waals surface area contributed by atoms with Gasteiger partial charge in [-0.15, -0.1) is 10.2 Å². The zero-order valence-corrected chi connectivity index (χ0v) is 15.2. The van der Waals surface area contributed by atoms with Gasteiger partial charge in [0.15, 0.2) is 5.82 Å². The summed E-state index contributed by atoms with van der Waals surface area (Å²) in [6.07, 6.45) is 0. The van der Waals surface area contributed by atoms with Crippen molar-refractivity contribution in [1.82, 2.24) is 15.1 Å². The van der Waals surface area contributed by atoms with Crippen LogP contribution >= 0.6 is 11.6 Å². The average molecular weight is 353 g/mol. The third kappa shape index (κ3) is 4.56. The fourth-order valence-corrected chi connectivity index (χ4v) is 2.65. The molecule has 0 atom stereocenters. The van der Waals surface area contributed by atoms with Crippen LogP contribution in [0.25, 0.3) is 22.4 Å². The van der Waals surface area contributed by atoms with Crippen LogP contribution in [-0.4, -0.2) is 42.3 Å². The highest BCUT2D eigenvalue weighted by Gasteiger charge is 2.10. The highest BCUT2D eigenvalue weighted by Crippen LogP contribution is 2.29. The fourth-order valence-electron chi connectivity index (χ4n) is 2.52. The molecule has 2 aromatic carbocycles. The van der Waals surface area contributed by atoms with Gasteiger partial charge in [0.2, 0.25) is 0 Å². The van der Waals surface area contributed by atoms with Crippen molar-refractivity contribution < 1.29 is 0 Å². The summed E-state index contributed by atoms with van der Waals surface area (Å²) in [5.74, 6) is 0.797. The number of aromatic nitrogens is 2. The SMILES string of the molecule is CN(C)CCNc1nnc(-c2ccc(Cl)cc2)cc1-c1ccccc1. The molecule has 0 aliphatic rings. The Labute approximate surface area is 153 Å². The predicted molar refractivity (Wildman–Crippen MR) is 105 cm³/mol. The Kier molecular flexibility index (Phi) is 5.64. The molecule has 0 amide bonds. The maximum atomic E-state index is 5.98. The van der Waals surface area contributed by atoms with Crippen molar-refractivity contribution in [2.24, 2.45) is 0 Å². The van der Waals surface area contributed by atoms with E-state index in [1.165, 1.54) is 0 Å². The number of rotatable bonds is 6. The van der Waals surface area contributed by atoms with Crippen molar-refractivity contribution in [3.05, 3.63) is 65.7 Å². The molecule has 1 N–H and O–H groups in total. The van der Waals surface area contributed by atoms with Crippen LogP contribution in [0.4, 0.5) is 5.82 Å². The molecule has 0 spiro atoms. The predicted octanol–water partition coefficient (Wildman–Crippen LogP) is 4.44. The molecule has 0 saturated heterocycles. The minimum atomic E-state index is 0.710. The van der Waals surface area contributed by atoms with Crippen molar-refractivity contribution >= 4 is 17.4 Å². The molecular weight excluding hydrogens is 332 g/mol. The fraction of sp³-hybridized carbons (Fsp3) is 0.200. The molecule has 0 fully saturated rings. The van der Waals surface area contributed by atoms with Crippen LogP contribution in [0, 0.1) is 0 Å². The molecule has 1 heterocycles. The van der Waals surface area contributed by atoms with Crippen LogP contribution in [0.1, 0.15) is 0 Å². The molecule has 128 valence electrons. The number of likely N-dealkylation sites (N-methyl/N-ethyl adjacent to an activating group) is 1. The van der Waals surface area contributed by atoms with E-state index in [0.717, 1.165) is 41.3 Å². The quantitative estimate of drug-likeness (QED) is 0.712. The monoisotopic (exact) mass is 352 g/mol. The Hall–Kier alpha value is -2.43. The second-order valence-corrected chi connectivity index (χ2v) is 6.53. The lowest BCUT2D eigenvalue weighted by Gasteiger charge is -2.14. The van der Waals surface area contributed by atoms with Gasteiger partial charge in [0.25, 0.3) is 0 Å². The van der Waals surface area contributed by atoms with E-state index >= 15 is 0 Å².